The van der Waals surface area contributed by atoms with Crippen LogP contribution >= 0.6 is 23.2 Å². The maximum absolute atomic E-state index is 13.6. The molecule has 4 aromatic carbocycles. The van der Waals surface area contributed by atoms with Gasteiger partial charge < -0.3 is 18.6 Å². The molecule has 0 saturated carbocycles. The zero-order valence-corrected chi connectivity index (χ0v) is 24.0. The van der Waals surface area contributed by atoms with E-state index in [1.54, 1.807) is 42.5 Å². The minimum Gasteiger partial charge on any atom is -0.493 e. The molecule has 0 saturated heterocycles. The summed E-state index contributed by atoms with van der Waals surface area (Å²) in [6.45, 7) is 0.204. The lowest BCUT2D eigenvalue weighted by Crippen LogP contribution is -2.20. The van der Waals surface area contributed by atoms with E-state index >= 15 is 0 Å². The lowest BCUT2D eigenvalue weighted by atomic mass is 10.2. The molecule has 6 rings (SSSR count). The largest absolute Gasteiger partial charge is 0.493 e. The Bertz CT molecular complexity index is 1980. The summed E-state index contributed by atoms with van der Waals surface area (Å²) in [5.41, 5.74) is 2.29. The van der Waals surface area contributed by atoms with Crippen molar-refractivity contribution in [1.29, 1.82) is 0 Å². The van der Waals surface area contributed by atoms with Crippen LogP contribution in [-0.2, 0) is 6.61 Å². The number of nitrogens with zero attached hydrogens (tertiary/aromatic N) is 3. The van der Waals surface area contributed by atoms with Crippen LogP contribution in [0.4, 0.5) is 0 Å². The van der Waals surface area contributed by atoms with Crippen LogP contribution in [0.2, 0.25) is 10.0 Å². The van der Waals surface area contributed by atoms with Gasteiger partial charge in [0.05, 0.1) is 41.4 Å². The highest BCUT2D eigenvalue weighted by Gasteiger charge is 2.18. The van der Waals surface area contributed by atoms with Gasteiger partial charge in [-0.05, 0) is 54.1 Å². The third-order valence-electron chi connectivity index (χ3n) is 6.57. The highest BCUT2D eigenvalue weighted by Crippen LogP contribution is 2.39. The number of benzene rings is 4. The molecule has 0 aliphatic carbocycles. The van der Waals surface area contributed by atoms with E-state index in [0.717, 1.165) is 10.9 Å². The summed E-state index contributed by atoms with van der Waals surface area (Å²) in [6, 6.07) is 25.3. The van der Waals surface area contributed by atoms with Crippen molar-refractivity contribution < 1.29 is 18.6 Å². The maximum atomic E-state index is 13.6. The van der Waals surface area contributed by atoms with Gasteiger partial charge >= 0.3 is 0 Å². The van der Waals surface area contributed by atoms with Crippen LogP contribution < -0.4 is 19.8 Å². The standard InChI is InChI=1S/C32H23Cl2N3O5/c1-39-27-14-20(15-28(40-2)30(27)41-18-19-11-12-23(33)24(34)13-19)17-35-37-31(29-16-21-7-3-6-10-26(21)42-29)36-25-9-5-4-8-22(25)32(37)38/h3-17H,18H2,1-2H3. The second kappa shape index (κ2) is 11.6. The second-order valence-electron chi connectivity index (χ2n) is 9.25. The molecule has 2 heterocycles. The fourth-order valence-corrected chi connectivity index (χ4v) is 4.83. The van der Waals surface area contributed by atoms with Gasteiger partial charge in [-0.2, -0.15) is 9.78 Å². The summed E-state index contributed by atoms with van der Waals surface area (Å²) in [7, 11) is 3.05. The van der Waals surface area contributed by atoms with Crippen LogP contribution in [0.25, 0.3) is 33.5 Å². The number of hydrogen-bond donors (Lipinski definition) is 0. The quantitative estimate of drug-likeness (QED) is 0.167. The molecule has 0 amide bonds. The monoisotopic (exact) mass is 599 g/mol. The highest BCUT2D eigenvalue weighted by atomic mass is 35.5. The number of aromatic nitrogens is 2. The van der Waals surface area contributed by atoms with E-state index in [-0.39, 0.29) is 18.0 Å². The van der Waals surface area contributed by atoms with E-state index in [2.05, 4.69) is 5.10 Å². The number of fused-ring (bicyclic) bond motifs is 2. The Morgan fingerprint density at radius 1 is 0.905 bits per heavy atom. The van der Waals surface area contributed by atoms with Crippen LogP contribution in [0.3, 0.4) is 0 Å². The van der Waals surface area contributed by atoms with Gasteiger partial charge in [0.25, 0.3) is 5.56 Å². The molecule has 0 bridgehead atoms. The van der Waals surface area contributed by atoms with Gasteiger partial charge in [-0.3, -0.25) is 4.79 Å². The molecule has 210 valence electrons. The van der Waals surface area contributed by atoms with Crippen LogP contribution in [0.5, 0.6) is 17.2 Å². The number of para-hydroxylation sites is 2. The van der Waals surface area contributed by atoms with E-state index in [1.165, 1.54) is 25.1 Å². The van der Waals surface area contributed by atoms with Crippen LogP contribution in [-0.4, -0.2) is 30.1 Å². The van der Waals surface area contributed by atoms with Gasteiger partial charge in [-0.1, -0.05) is 59.6 Å². The minimum absolute atomic E-state index is 0.204. The first kappa shape index (κ1) is 27.4. The molecule has 0 radical (unpaired) electrons. The molecule has 42 heavy (non-hydrogen) atoms. The average molecular weight is 600 g/mol. The molecule has 0 aliphatic rings. The molecule has 0 N–H and O–H groups in total. The van der Waals surface area contributed by atoms with Gasteiger partial charge in [0.15, 0.2) is 17.3 Å². The molecule has 0 aliphatic heterocycles. The van der Waals surface area contributed by atoms with Gasteiger partial charge in [0, 0.05) is 10.9 Å². The third kappa shape index (κ3) is 5.30. The zero-order valence-electron chi connectivity index (χ0n) is 22.5. The first-order valence-electron chi connectivity index (χ1n) is 12.8. The molecule has 10 heteroatoms. The van der Waals surface area contributed by atoms with E-state index in [4.69, 9.17) is 46.8 Å². The number of hydrogen-bond acceptors (Lipinski definition) is 7. The second-order valence-corrected chi connectivity index (χ2v) is 10.1. The fraction of sp³-hybridized carbons (Fsp3) is 0.0938. The minimum atomic E-state index is -0.340. The molecule has 0 unspecified atom stereocenters. The van der Waals surface area contributed by atoms with Gasteiger partial charge in [0.2, 0.25) is 11.6 Å². The van der Waals surface area contributed by atoms with Crippen molar-refractivity contribution in [3.8, 4) is 28.8 Å². The summed E-state index contributed by atoms with van der Waals surface area (Å²) < 4.78 is 24.5. The van der Waals surface area contributed by atoms with Crippen molar-refractivity contribution in [1.82, 2.24) is 9.66 Å². The van der Waals surface area contributed by atoms with Crippen molar-refractivity contribution in [3.05, 3.63) is 116 Å². The topological polar surface area (TPSA) is 88.1 Å². The van der Waals surface area contributed by atoms with E-state index < -0.39 is 0 Å². The lowest BCUT2D eigenvalue weighted by Gasteiger charge is -2.15. The van der Waals surface area contributed by atoms with E-state index in [9.17, 15) is 4.79 Å². The summed E-state index contributed by atoms with van der Waals surface area (Å²) >= 11 is 12.2. The van der Waals surface area contributed by atoms with E-state index in [0.29, 0.717) is 55.1 Å². The van der Waals surface area contributed by atoms with Crippen molar-refractivity contribution in [2.45, 2.75) is 6.61 Å². The highest BCUT2D eigenvalue weighted by molar-refractivity contribution is 6.42. The number of methoxy groups -OCH3 is 2. The molecular formula is C32H23Cl2N3O5. The Kier molecular flexibility index (Phi) is 7.56. The van der Waals surface area contributed by atoms with Crippen LogP contribution in [0.15, 0.2) is 99.2 Å². The Labute approximate surface area is 250 Å². The Morgan fingerprint density at radius 3 is 2.38 bits per heavy atom. The predicted octanol–water partition coefficient (Wildman–Crippen LogP) is 7.59. The van der Waals surface area contributed by atoms with Gasteiger partial charge in [-0.25, -0.2) is 4.98 Å². The van der Waals surface area contributed by atoms with Gasteiger partial charge in [0.1, 0.15) is 12.2 Å². The number of halogens is 2. The van der Waals surface area contributed by atoms with Crippen LogP contribution in [0.1, 0.15) is 11.1 Å². The molecular weight excluding hydrogens is 577 g/mol. The molecule has 2 aromatic heterocycles. The molecule has 0 atom stereocenters. The molecule has 6 aromatic rings. The predicted molar refractivity (Wildman–Crippen MR) is 165 cm³/mol. The van der Waals surface area contributed by atoms with Crippen molar-refractivity contribution in [2.75, 3.05) is 14.2 Å². The average Bonchev–Trinajstić information content (AvgIpc) is 3.45. The van der Waals surface area contributed by atoms with Gasteiger partial charge in [-0.15, -0.1) is 0 Å². The smallest absolute Gasteiger partial charge is 0.282 e. The maximum Gasteiger partial charge on any atom is 0.282 e. The summed E-state index contributed by atoms with van der Waals surface area (Å²) in [6.07, 6.45) is 1.53. The Hall–Kier alpha value is -4.79. The molecule has 0 fully saturated rings. The number of furan rings is 1. The third-order valence-corrected chi connectivity index (χ3v) is 7.31. The number of ether oxygens (including phenoxy) is 3. The Morgan fingerprint density at radius 2 is 1.64 bits per heavy atom. The Balaban J connectivity index is 1.40. The first-order chi connectivity index (χ1) is 20.4. The van der Waals surface area contributed by atoms with E-state index in [1.807, 2.05) is 42.5 Å². The molecule has 0 spiro atoms. The number of rotatable bonds is 8. The van der Waals surface area contributed by atoms with Crippen molar-refractivity contribution in [2.24, 2.45) is 5.10 Å². The lowest BCUT2D eigenvalue weighted by molar-refractivity contribution is 0.266. The zero-order chi connectivity index (χ0) is 29.2. The summed E-state index contributed by atoms with van der Waals surface area (Å²) in [5.74, 6) is 1.91. The summed E-state index contributed by atoms with van der Waals surface area (Å²) in [4.78, 5) is 18.3. The molecule has 8 nitrogen and oxygen atoms in total. The van der Waals surface area contributed by atoms with Crippen LogP contribution in [0, 0.1) is 0 Å². The van der Waals surface area contributed by atoms with Crippen molar-refractivity contribution in [3.63, 3.8) is 0 Å². The summed E-state index contributed by atoms with van der Waals surface area (Å²) in [5, 5.41) is 6.75. The van der Waals surface area contributed by atoms with Crippen molar-refractivity contribution >= 4 is 51.3 Å². The SMILES string of the molecule is COc1cc(C=Nn2c(-c3cc4ccccc4o3)nc3ccccc3c2=O)cc(OC)c1OCc1ccc(Cl)c(Cl)c1. The normalized spacial score (nSPS) is 11.4. The first-order valence-corrected chi connectivity index (χ1v) is 13.6. The fourth-order valence-electron chi connectivity index (χ4n) is 4.51.